The van der Waals surface area contributed by atoms with Crippen molar-refractivity contribution in [2.24, 2.45) is 17.8 Å². The number of methoxy groups -OCH3 is 1. The SMILES string of the molecule is COc1ccc(C)cc1CCNC(=O)[C@H]1C[C@H]2CC[C@H]1C2. The summed E-state index contributed by atoms with van der Waals surface area (Å²) in [6.07, 6.45) is 5.83. The molecule has 21 heavy (non-hydrogen) atoms. The van der Waals surface area contributed by atoms with Crippen LogP contribution in [-0.4, -0.2) is 19.6 Å². The predicted octanol–water partition coefficient (Wildman–Crippen LogP) is 3.10. The fourth-order valence-corrected chi connectivity index (χ4v) is 4.12. The van der Waals surface area contributed by atoms with Gasteiger partial charge in [-0.05, 0) is 56.1 Å². The molecule has 2 fully saturated rings. The van der Waals surface area contributed by atoms with Crippen molar-refractivity contribution in [3.8, 4) is 5.75 Å². The summed E-state index contributed by atoms with van der Waals surface area (Å²) in [7, 11) is 1.70. The van der Waals surface area contributed by atoms with Gasteiger partial charge in [-0.15, -0.1) is 0 Å². The van der Waals surface area contributed by atoms with Gasteiger partial charge in [-0.3, -0.25) is 4.79 Å². The molecule has 2 aliphatic rings. The van der Waals surface area contributed by atoms with Crippen LogP contribution in [0.3, 0.4) is 0 Å². The zero-order valence-electron chi connectivity index (χ0n) is 13.0. The molecule has 3 nitrogen and oxygen atoms in total. The first kappa shape index (κ1) is 14.4. The largest absolute Gasteiger partial charge is 0.496 e. The Morgan fingerprint density at radius 3 is 2.86 bits per heavy atom. The quantitative estimate of drug-likeness (QED) is 0.903. The molecule has 1 aromatic rings. The second-order valence-electron chi connectivity index (χ2n) is 6.64. The Morgan fingerprint density at radius 2 is 2.19 bits per heavy atom. The molecule has 0 unspecified atom stereocenters. The second-order valence-corrected chi connectivity index (χ2v) is 6.64. The number of rotatable bonds is 5. The van der Waals surface area contributed by atoms with Gasteiger partial charge in [-0.1, -0.05) is 24.1 Å². The highest BCUT2D eigenvalue weighted by Gasteiger charge is 2.42. The third-order valence-electron chi connectivity index (χ3n) is 5.20. The van der Waals surface area contributed by atoms with Crippen molar-refractivity contribution in [3.63, 3.8) is 0 Å². The highest BCUT2D eigenvalue weighted by Crippen LogP contribution is 2.48. The highest BCUT2D eigenvalue weighted by atomic mass is 16.5. The lowest BCUT2D eigenvalue weighted by molar-refractivity contribution is -0.126. The maximum absolute atomic E-state index is 12.3. The first-order chi connectivity index (χ1) is 10.2. The second kappa shape index (κ2) is 6.08. The highest BCUT2D eigenvalue weighted by molar-refractivity contribution is 5.79. The zero-order chi connectivity index (χ0) is 14.8. The topological polar surface area (TPSA) is 38.3 Å². The van der Waals surface area contributed by atoms with E-state index in [-0.39, 0.29) is 11.8 Å². The number of ether oxygens (including phenoxy) is 1. The van der Waals surface area contributed by atoms with E-state index in [1.807, 2.05) is 6.07 Å². The van der Waals surface area contributed by atoms with E-state index in [0.29, 0.717) is 12.5 Å². The molecule has 114 valence electrons. The molecule has 0 radical (unpaired) electrons. The first-order valence-electron chi connectivity index (χ1n) is 8.08. The van der Waals surface area contributed by atoms with E-state index in [1.165, 1.54) is 30.4 Å². The Balaban J connectivity index is 1.52. The van der Waals surface area contributed by atoms with Crippen molar-refractivity contribution in [1.29, 1.82) is 0 Å². The molecule has 0 heterocycles. The van der Waals surface area contributed by atoms with Gasteiger partial charge in [0, 0.05) is 12.5 Å². The summed E-state index contributed by atoms with van der Waals surface area (Å²) < 4.78 is 5.39. The van der Waals surface area contributed by atoms with E-state index < -0.39 is 0 Å². The number of nitrogens with one attached hydrogen (secondary N) is 1. The first-order valence-corrected chi connectivity index (χ1v) is 8.08. The minimum Gasteiger partial charge on any atom is -0.496 e. The van der Waals surface area contributed by atoms with Crippen molar-refractivity contribution in [2.75, 3.05) is 13.7 Å². The van der Waals surface area contributed by atoms with Gasteiger partial charge >= 0.3 is 0 Å². The van der Waals surface area contributed by atoms with Gasteiger partial charge in [-0.25, -0.2) is 0 Å². The zero-order valence-corrected chi connectivity index (χ0v) is 13.0. The molecule has 3 rings (SSSR count). The van der Waals surface area contributed by atoms with Crippen LogP contribution in [0.1, 0.15) is 36.8 Å². The van der Waals surface area contributed by atoms with E-state index in [9.17, 15) is 4.79 Å². The number of amides is 1. The number of hydrogen-bond donors (Lipinski definition) is 1. The van der Waals surface area contributed by atoms with Gasteiger partial charge in [0.25, 0.3) is 0 Å². The van der Waals surface area contributed by atoms with Crippen LogP contribution >= 0.6 is 0 Å². The van der Waals surface area contributed by atoms with E-state index in [1.54, 1.807) is 7.11 Å². The molecule has 0 saturated heterocycles. The van der Waals surface area contributed by atoms with Crippen LogP contribution in [-0.2, 0) is 11.2 Å². The maximum Gasteiger partial charge on any atom is 0.223 e. The molecule has 3 atom stereocenters. The van der Waals surface area contributed by atoms with Crippen molar-refractivity contribution in [3.05, 3.63) is 29.3 Å². The molecule has 1 amide bonds. The Morgan fingerprint density at radius 1 is 1.33 bits per heavy atom. The van der Waals surface area contributed by atoms with E-state index in [0.717, 1.165) is 24.5 Å². The van der Waals surface area contributed by atoms with Crippen LogP contribution in [0.25, 0.3) is 0 Å². The van der Waals surface area contributed by atoms with E-state index in [4.69, 9.17) is 4.74 Å². The third kappa shape index (κ3) is 3.07. The van der Waals surface area contributed by atoms with Crippen LogP contribution in [0.5, 0.6) is 5.75 Å². The van der Waals surface area contributed by atoms with E-state index >= 15 is 0 Å². The lowest BCUT2D eigenvalue weighted by Gasteiger charge is -2.21. The van der Waals surface area contributed by atoms with Crippen LogP contribution in [0.2, 0.25) is 0 Å². The molecule has 2 saturated carbocycles. The Kier molecular flexibility index (Phi) is 4.18. The number of benzene rings is 1. The third-order valence-corrected chi connectivity index (χ3v) is 5.20. The number of aryl methyl sites for hydroxylation is 1. The summed E-state index contributed by atoms with van der Waals surface area (Å²) in [6.45, 7) is 2.78. The summed E-state index contributed by atoms with van der Waals surface area (Å²) >= 11 is 0. The molecule has 2 aliphatic carbocycles. The van der Waals surface area contributed by atoms with Crippen LogP contribution in [0, 0.1) is 24.7 Å². The minimum atomic E-state index is 0.272. The van der Waals surface area contributed by atoms with Crippen molar-refractivity contribution >= 4 is 5.91 Å². The summed E-state index contributed by atoms with van der Waals surface area (Å²) in [6, 6.07) is 6.20. The fraction of sp³-hybridized carbons (Fsp3) is 0.611. The van der Waals surface area contributed by atoms with Crippen LogP contribution in [0.15, 0.2) is 18.2 Å². The lowest BCUT2D eigenvalue weighted by Crippen LogP contribution is -2.34. The smallest absolute Gasteiger partial charge is 0.223 e. The molecule has 0 spiro atoms. The molecule has 0 aliphatic heterocycles. The summed E-state index contributed by atoms with van der Waals surface area (Å²) in [5.41, 5.74) is 2.40. The van der Waals surface area contributed by atoms with Crippen molar-refractivity contribution in [1.82, 2.24) is 5.32 Å². The van der Waals surface area contributed by atoms with Crippen LogP contribution in [0.4, 0.5) is 0 Å². The minimum absolute atomic E-state index is 0.272. The summed E-state index contributed by atoms with van der Waals surface area (Å²) in [5.74, 6) is 2.94. The predicted molar refractivity (Wildman–Crippen MR) is 83.4 cm³/mol. The van der Waals surface area contributed by atoms with Gasteiger partial charge < -0.3 is 10.1 Å². The fourth-order valence-electron chi connectivity index (χ4n) is 4.12. The molecule has 1 N–H and O–H groups in total. The molecule has 2 bridgehead atoms. The Hall–Kier alpha value is -1.51. The number of carbonyl (C=O) groups excluding carboxylic acids is 1. The number of fused-ring (bicyclic) bond motifs is 2. The monoisotopic (exact) mass is 287 g/mol. The number of carbonyl (C=O) groups is 1. The van der Waals surface area contributed by atoms with Gasteiger partial charge in [0.05, 0.1) is 7.11 Å². The Bertz CT molecular complexity index is 526. The molecular formula is C18H25NO2. The molecular weight excluding hydrogens is 262 g/mol. The normalized spacial score (nSPS) is 26.9. The lowest BCUT2D eigenvalue weighted by atomic mass is 9.88. The van der Waals surface area contributed by atoms with Gasteiger partial charge in [0.1, 0.15) is 5.75 Å². The van der Waals surface area contributed by atoms with Crippen molar-refractivity contribution < 1.29 is 9.53 Å². The van der Waals surface area contributed by atoms with Crippen molar-refractivity contribution in [2.45, 2.75) is 39.0 Å². The molecule has 1 aromatic carbocycles. The summed E-state index contributed by atoms with van der Waals surface area (Å²) in [5, 5.41) is 3.13. The standard InChI is InChI=1S/C18H25NO2/c1-12-3-6-17(21-2)15(9-12)7-8-19-18(20)16-11-13-4-5-14(16)10-13/h3,6,9,13-14,16H,4-5,7-8,10-11H2,1-2H3,(H,19,20)/t13-,14-,16-/m0/s1. The van der Waals surface area contributed by atoms with Gasteiger partial charge in [0.15, 0.2) is 0 Å². The molecule has 3 heteroatoms. The maximum atomic E-state index is 12.3. The average Bonchev–Trinajstić information content (AvgIpc) is 3.10. The van der Waals surface area contributed by atoms with E-state index in [2.05, 4.69) is 24.4 Å². The molecule has 0 aromatic heterocycles. The summed E-state index contributed by atoms with van der Waals surface area (Å²) in [4.78, 5) is 12.3. The van der Waals surface area contributed by atoms with Gasteiger partial charge in [-0.2, -0.15) is 0 Å². The Labute approximate surface area is 127 Å². The van der Waals surface area contributed by atoms with Gasteiger partial charge in [0.2, 0.25) is 5.91 Å². The average molecular weight is 287 g/mol. The number of hydrogen-bond acceptors (Lipinski definition) is 2. The van der Waals surface area contributed by atoms with Crippen LogP contribution < -0.4 is 10.1 Å².